The van der Waals surface area contributed by atoms with Gasteiger partial charge in [-0.05, 0) is 18.4 Å². The molecule has 0 aliphatic heterocycles. The number of nitrogens with zero attached hydrogens (tertiary/aromatic N) is 2. The second kappa shape index (κ2) is 7.41. The topological polar surface area (TPSA) is 94.3 Å². The Labute approximate surface area is 150 Å². The molecule has 3 aromatic heterocycles. The molecule has 7 nitrogen and oxygen atoms in total. The summed E-state index contributed by atoms with van der Waals surface area (Å²) in [5, 5.41) is 8.57. The summed E-state index contributed by atoms with van der Waals surface area (Å²) < 4.78 is 10.2. The van der Waals surface area contributed by atoms with Gasteiger partial charge >= 0.3 is 5.97 Å². The lowest BCUT2D eigenvalue weighted by Gasteiger charge is -1.98. The number of aryl methyl sites for hydroxylation is 1. The molecule has 25 heavy (non-hydrogen) atoms. The number of thiophene rings is 1. The van der Waals surface area contributed by atoms with E-state index in [0.717, 1.165) is 16.2 Å². The van der Waals surface area contributed by atoms with E-state index in [4.69, 9.17) is 9.26 Å². The summed E-state index contributed by atoms with van der Waals surface area (Å²) in [7, 11) is 0. The monoisotopic (exact) mass is 375 g/mol. The fraction of sp³-hybridized carbons (Fsp3) is 0.125. The number of nitrogens with one attached hydrogen (secondary N) is 1. The van der Waals surface area contributed by atoms with Crippen LogP contribution >= 0.6 is 22.7 Å². The Kier molecular flexibility index (Phi) is 5.05. The number of thiazole rings is 1. The van der Waals surface area contributed by atoms with Crippen molar-refractivity contribution in [1.82, 2.24) is 10.1 Å². The minimum absolute atomic E-state index is 0.113. The van der Waals surface area contributed by atoms with E-state index in [1.165, 1.54) is 17.4 Å². The number of aromatic nitrogens is 2. The number of rotatable bonds is 6. The largest absolute Gasteiger partial charge is 0.457 e. The molecule has 0 spiro atoms. The van der Waals surface area contributed by atoms with Crippen molar-refractivity contribution in [3.63, 3.8) is 0 Å². The highest BCUT2D eigenvalue weighted by molar-refractivity contribution is 7.17. The second-order valence-corrected chi connectivity index (χ2v) is 6.78. The fourth-order valence-corrected chi connectivity index (χ4v) is 3.45. The fourth-order valence-electron chi connectivity index (χ4n) is 1.92. The summed E-state index contributed by atoms with van der Waals surface area (Å²) >= 11 is 2.52. The number of hydrogen-bond donors (Lipinski definition) is 1. The molecule has 0 aliphatic rings. The molecule has 0 saturated heterocycles. The van der Waals surface area contributed by atoms with Crippen molar-refractivity contribution in [2.24, 2.45) is 0 Å². The Morgan fingerprint density at radius 2 is 2.32 bits per heavy atom. The van der Waals surface area contributed by atoms with Gasteiger partial charge in [0.15, 0.2) is 16.6 Å². The normalized spacial score (nSPS) is 10.4. The number of carbonyl (C=O) groups excluding carboxylic acids is 2. The van der Waals surface area contributed by atoms with Crippen molar-refractivity contribution in [1.29, 1.82) is 0 Å². The van der Waals surface area contributed by atoms with Gasteiger partial charge in [-0.15, -0.1) is 11.3 Å². The first-order chi connectivity index (χ1) is 12.1. The first-order valence-corrected chi connectivity index (χ1v) is 8.85. The number of carbonyl (C=O) groups is 2. The summed E-state index contributed by atoms with van der Waals surface area (Å²) in [4.78, 5) is 29.5. The van der Waals surface area contributed by atoms with Crippen molar-refractivity contribution in [2.45, 2.75) is 6.92 Å². The van der Waals surface area contributed by atoms with Gasteiger partial charge < -0.3 is 9.26 Å². The zero-order valence-corrected chi connectivity index (χ0v) is 14.8. The third kappa shape index (κ3) is 3.83. The van der Waals surface area contributed by atoms with Gasteiger partial charge in [-0.25, -0.2) is 9.78 Å². The molecular formula is C16H13N3O4S2. The predicted molar refractivity (Wildman–Crippen MR) is 95.1 cm³/mol. The van der Waals surface area contributed by atoms with Gasteiger partial charge in [-0.3, -0.25) is 10.1 Å². The van der Waals surface area contributed by atoms with E-state index in [1.54, 1.807) is 13.0 Å². The van der Waals surface area contributed by atoms with E-state index in [-0.39, 0.29) is 17.4 Å². The maximum absolute atomic E-state index is 12.3. The van der Waals surface area contributed by atoms with Crippen LogP contribution in [0.2, 0.25) is 0 Å². The van der Waals surface area contributed by atoms with Crippen LogP contribution in [0.25, 0.3) is 10.6 Å². The Hall–Kier alpha value is -2.78. The van der Waals surface area contributed by atoms with Crippen LogP contribution in [0.15, 0.2) is 40.8 Å². The maximum Gasteiger partial charge on any atom is 0.350 e. The number of ether oxygens (including phenoxy) is 1. The summed E-state index contributed by atoms with van der Waals surface area (Å²) in [5.41, 5.74) is 0.612. The molecule has 0 saturated carbocycles. The zero-order chi connectivity index (χ0) is 17.8. The van der Waals surface area contributed by atoms with Crippen molar-refractivity contribution in [3.05, 3.63) is 52.5 Å². The molecular weight excluding hydrogens is 362 g/mol. The van der Waals surface area contributed by atoms with Crippen LogP contribution in [0.4, 0.5) is 5.13 Å². The molecule has 9 heteroatoms. The van der Waals surface area contributed by atoms with Crippen molar-refractivity contribution in [2.75, 3.05) is 11.9 Å². The van der Waals surface area contributed by atoms with Gasteiger partial charge in [0, 0.05) is 6.07 Å². The van der Waals surface area contributed by atoms with Gasteiger partial charge in [-0.1, -0.05) is 35.2 Å². The van der Waals surface area contributed by atoms with Gasteiger partial charge in [-0.2, -0.15) is 0 Å². The SMILES string of the molecule is C=CCOC(=O)c1sc(NC(=O)c2cc(-c3cccs3)on2)nc1C. The molecule has 0 aromatic carbocycles. The second-order valence-electron chi connectivity index (χ2n) is 4.83. The smallest absolute Gasteiger partial charge is 0.350 e. The highest BCUT2D eigenvalue weighted by atomic mass is 32.1. The van der Waals surface area contributed by atoms with Crippen LogP contribution in [0, 0.1) is 6.92 Å². The van der Waals surface area contributed by atoms with E-state index >= 15 is 0 Å². The number of anilines is 1. The standard InChI is InChI=1S/C16H13N3O4S2/c1-3-6-22-15(21)13-9(2)17-16(25-13)18-14(20)10-8-11(23-19-10)12-5-4-7-24-12/h3-5,7-8H,1,6H2,2H3,(H,17,18,20). The molecule has 0 unspecified atom stereocenters. The van der Waals surface area contributed by atoms with E-state index in [2.05, 4.69) is 22.0 Å². The van der Waals surface area contributed by atoms with E-state index in [1.807, 2.05) is 17.5 Å². The number of esters is 1. The Morgan fingerprint density at radius 1 is 1.48 bits per heavy atom. The summed E-state index contributed by atoms with van der Waals surface area (Å²) in [6, 6.07) is 5.31. The van der Waals surface area contributed by atoms with Crippen LogP contribution in [0.5, 0.6) is 0 Å². The molecule has 128 valence electrons. The van der Waals surface area contributed by atoms with Gasteiger partial charge in [0.05, 0.1) is 10.6 Å². The molecule has 3 aromatic rings. The third-order valence-corrected chi connectivity index (χ3v) is 4.98. The first kappa shape index (κ1) is 17.1. The molecule has 0 bridgehead atoms. The van der Waals surface area contributed by atoms with Crippen molar-refractivity contribution >= 4 is 39.7 Å². The number of hydrogen-bond acceptors (Lipinski definition) is 8. The van der Waals surface area contributed by atoms with Crippen LogP contribution in [-0.2, 0) is 4.74 Å². The molecule has 1 amide bonds. The lowest BCUT2D eigenvalue weighted by molar-refractivity contribution is 0.0554. The lowest BCUT2D eigenvalue weighted by Crippen LogP contribution is -2.11. The summed E-state index contributed by atoms with van der Waals surface area (Å²) in [6.07, 6.45) is 1.48. The molecule has 0 aliphatic carbocycles. The van der Waals surface area contributed by atoms with Gasteiger partial charge in [0.25, 0.3) is 5.91 Å². The minimum atomic E-state index is -0.503. The Morgan fingerprint density at radius 3 is 3.04 bits per heavy atom. The summed E-state index contributed by atoms with van der Waals surface area (Å²) in [6.45, 7) is 5.27. The van der Waals surface area contributed by atoms with Gasteiger partial charge in [0.2, 0.25) is 0 Å². The van der Waals surface area contributed by atoms with Crippen LogP contribution in [0.1, 0.15) is 25.9 Å². The third-order valence-electron chi connectivity index (χ3n) is 3.04. The minimum Gasteiger partial charge on any atom is -0.457 e. The quantitative estimate of drug-likeness (QED) is 0.521. The predicted octanol–water partition coefficient (Wildman–Crippen LogP) is 3.76. The van der Waals surface area contributed by atoms with Crippen LogP contribution in [-0.4, -0.2) is 28.6 Å². The molecule has 0 atom stereocenters. The lowest BCUT2D eigenvalue weighted by atomic mass is 10.3. The van der Waals surface area contributed by atoms with Crippen LogP contribution in [0.3, 0.4) is 0 Å². The Balaban J connectivity index is 1.71. The average Bonchev–Trinajstić information content (AvgIpc) is 3.32. The Bertz CT molecular complexity index is 912. The highest BCUT2D eigenvalue weighted by Gasteiger charge is 2.20. The maximum atomic E-state index is 12.3. The van der Waals surface area contributed by atoms with E-state index in [9.17, 15) is 9.59 Å². The zero-order valence-electron chi connectivity index (χ0n) is 13.1. The number of amides is 1. The van der Waals surface area contributed by atoms with E-state index in [0.29, 0.717) is 16.3 Å². The molecule has 1 N–H and O–H groups in total. The highest BCUT2D eigenvalue weighted by Crippen LogP contribution is 2.27. The molecule has 3 heterocycles. The van der Waals surface area contributed by atoms with E-state index < -0.39 is 11.9 Å². The summed E-state index contributed by atoms with van der Waals surface area (Å²) in [5.74, 6) is -0.452. The molecule has 3 rings (SSSR count). The molecule has 0 radical (unpaired) electrons. The van der Waals surface area contributed by atoms with Crippen molar-refractivity contribution in [3.8, 4) is 10.6 Å². The first-order valence-electron chi connectivity index (χ1n) is 7.16. The van der Waals surface area contributed by atoms with Crippen LogP contribution < -0.4 is 5.32 Å². The van der Waals surface area contributed by atoms with Crippen molar-refractivity contribution < 1.29 is 18.8 Å². The average molecular weight is 375 g/mol. The molecule has 0 fully saturated rings. The van der Waals surface area contributed by atoms with Gasteiger partial charge in [0.1, 0.15) is 11.5 Å².